The maximum absolute atomic E-state index is 12.1. The molecule has 94 valence electrons. The highest BCUT2D eigenvalue weighted by molar-refractivity contribution is 7.90. The summed E-state index contributed by atoms with van der Waals surface area (Å²) in [6, 6.07) is 13.6. The summed E-state index contributed by atoms with van der Waals surface area (Å²) in [5, 5.41) is 2.15. The van der Waals surface area contributed by atoms with Gasteiger partial charge in [0.05, 0.1) is 5.69 Å². The number of hydrogen-bond acceptors (Lipinski definition) is 2. The first-order valence-electron chi connectivity index (χ1n) is 5.82. The first-order chi connectivity index (χ1) is 8.59. The van der Waals surface area contributed by atoms with Crippen molar-refractivity contribution in [1.82, 2.24) is 4.31 Å². The Bertz CT molecular complexity index is 693. The van der Waals surface area contributed by atoms with Gasteiger partial charge in [-0.1, -0.05) is 30.3 Å². The van der Waals surface area contributed by atoms with E-state index < -0.39 is 10.2 Å². The highest BCUT2D eigenvalue weighted by Gasteiger charge is 2.35. The minimum atomic E-state index is -3.32. The zero-order valence-electron chi connectivity index (χ0n) is 10.1. The summed E-state index contributed by atoms with van der Waals surface area (Å²) >= 11 is 0. The van der Waals surface area contributed by atoms with Crippen molar-refractivity contribution in [2.75, 3.05) is 24.4 Å². The quantitative estimate of drug-likeness (QED) is 0.792. The van der Waals surface area contributed by atoms with E-state index in [4.69, 9.17) is 0 Å². The Balaban J connectivity index is 2.04. The van der Waals surface area contributed by atoms with Gasteiger partial charge in [0, 0.05) is 20.1 Å². The lowest BCUT2D eigenvalue weighted by atomic mass is 10.1. The second-order valence-corrected chi connectivity index (χ2v) is 6.37. The van der Waals surface area contributed by atoms with Gasteiger partial charge >= 0.3 is 10.2 Å². The van der Waals surface area contributed by atoms with E-state index in [0.29, 0.717) is 18.8 Å². The molecule has 0 unspecified atom stereocenters. The van der Waals surface area contributed by atoms with Crippen molar-refractivity contribution in [3.8, 4) is 0 Å². The van der Waals surface area contributed by atoms with Gasteiger partial charge in [0.25, 0.3) is 0 Å². The van der Waals surface area contributed by atoms with Gasteiger partial charge in [-0.2, -0.15) is 12.7 Å². The summed E-state index contributed by atoms with van der Waals surface area (Å²) in [5.41, 5.74) is 0.695. The molecule has 5 heteroatoms. The van der Waals surface area contributed by atoms with Crippen molar-refractivity contribution in [1.29, 1.82) is 0 Å². The maximum Gasteiger partial charge on any atom is 0.303 e. The molecular weight excluding hydrogens is 248 g/mol. The summed E-state index contributed by atoms with van der Waals surface area (Å²) in [6.07, 6.45) is 0. The van der Waals surface area contributed by atoms with E-state index in [0.717, 1.165) is 10.8 Å². The first kappa shape index (κ1) is 11.5. The van der Waals surface area contributed by atoms with Crippen LogP contribution in [0.4, 0.5) is 5.69 Å². The third-order valence-electron chi connectivity index (χ3n) is 3.18. The van der Waals surface area contributed by atoms with E-state index in [1.807, 2.05) is 42.5 Å². The molecule has 1 aliphatic heterocycles. The van der Waals surface area contributed by atoms with Crippen molar-refractivity contribution in [3.63, 3.8) is 0 Å². The highest BCUT2D eigenvalue weighted by atomic mass is 32.2. The van der Waals surface area contributed by atoms with E-state index >= 15 is 0 Å². The fourth-order valence-corrected chi connectivity index (χ4v) is 3.22. The van der Waals surface area contributed by atoms with Crippen LogP contribution in [0.25, 0.3) is 10.8 Å². The van der Waals surface area contributed by atoms with Gasteiger partial charge in [-0.25, -0.2) is 0 Å². The molecule has 0 N–H and O–H groups in total. The van der Waals surface area contributed by atoms with Crippen LogP contribution in [-0.4, -0.2) is 32.9 Å². The van der Waals surface area contributed by atoms with Crippen LogP contribution in [0, 0.1) is 0 Å². The van der Waals surface area contributed by atoms with E-state index in [-0.39, 0.29) is 0 Å². The topological polar surface area (TPSA) is 40.4 Å². The summed E-state index contributed by atoms with van der Waals surface area (Å²) in [7, 11) is -1.73. The molecule has 1 aliphatic rings. The second kappa shape index (κ2) is 3.96. The molecule has 3 rings (SSSR count). The molecule has 0 amide bonds. The molecule has 1 fully saturated rings. The number of rotatable bonds is 3. The van der Waals surface area contributed by atoms with Gasteiger partial charge in [-0.15, -0.1) is 0 Å². The molecule has 0 saturated carbocycles. The van der Waals surface area contributed by atoms with Crippen LogP contribution in [0.1, 0.15) is 0 Å². The van der Waals surface area contributed by atoms with Gasteiger partial charge in [0.15, 0.2) is 0 Å². The minimum Gasteiger partial charge on any atom is -0.261 e. The van der Waals surface area contributed by atoms with Crippen LogP contribution < -0.4 is 4.31 Å². The van der Waals surface area contributed by atoms with E-state index in [1.54, 1.807) is 7.05 Å². The molecule has 0 atom stereocenters. The fourth-order valence-electron chi connectivity index (χ4n) is 1.95. The molecular formula is C13H14N2O2S. The largest absolute Gasteiger partial charge is 0.303 e. The Morgan fingerprint density at radius 3 is 2.39 bits per heavy atom. The van der Waals surface area contributed by atoms with Crippen molar-refractivity contribution in [3.05, 3.63) is 42.5 Å². The summed E-state index contributed by atoms with van der Waals surface area (Å²) in [4.78, 5) is 0. The molecule has 18 heavy (non-hydrogen) atoms. The van der Waals surface area contributed by atoms with E-state index in [1.165, 1.54) is 8.61 Å². The number of fused-ring (bicyclic) bond motifs is 1. The van der Waals surface area contributed by atoms with Crippen molar-refractivity contribution >= 4 is 26.7 Å². The molecule has 2 aromatic rings. The first-order valence-corrected chi connectivity index (χ1v) is 7.21. The Kier molecular flexibility index (Phi) is 2.53. The molecule has 0 radical (unpaired) electrons. The maximum atomic E-state index is 12.1. The molecule has 1 heterocycles. The van der Waals surface area contributed by atoms with Crippen LogP contribution in [0.15, 0.2) is 42.5 Å². The van der Waals surface area contributed by atoms with Gasteiger partial charge in [-0.05, 0) is 22.9 Å². The number of benzene rings is 2. The molecule has 1 saturated heterocycles. The van der Waals surface area contributed by atoms with Gasteiger partial charge < -0.3 is 0 Å². The molecule has 4 nitrogen and oxygen atoms in total. The Labute approximate surface area is 107 Å². The number of nitrogens with zero attached hydrogens (tertiary/aromatic N) is 2. The van der Waals surface area contributed by atoms with E-state index in [2.05, 4.69) is 0 Å². The van der Waals surface area contributed by atoms with Crippen molar-refractivity contribution < 1.29 is 8.42 Å². The van der Waals surface area contributed by atoms with Gasteiger partial charge in [0.1, 0.15) is 0 Å². The van der Waals surface area contributed by atoms with Crippen LogP contribution in [-0.2, 0) is 10.2 Å². The lowest BCUT2D eigenvalue weighted by molar-refractivity contribution is 0.561. The predicted molar refractivity (Wildman–Crippen MR) is 72.8 cm³/mol. The Morgan fingerprint density at radius 1 is 1.06 bits per heavy atom. The smallest absolute Gasteiger partial charge is 0.261 e. The summed E-state index contributed by atoms with van der Waals surface area (Å²) < 4.78 is 26.9. The lowest BCUT2D eigenvalue weighted by Crippen LogP contribution is -2.32. The standard InChI is InChI=1S/C13H14N2O2S/c1-14(18(16,17)15-8-9-15)13-7-6-11-4-2-3-5-12(11)10-13/h2-7,10H,8-9H2,1H3. The zero-order valence-corrected chi connectivity index (χ0v) is 10.9. The van der Waals surface area contributed by atoms with Gasteiger partial charge in [0.2, 0.25) is 0 Å². The van der Waals surface area contributed by atoms with Crippen molar-refractivity contribution in [2.45, 2.75) is 0 Å². The Morgan fingerprint density at radius 2 is 1.72 bits per heavy atom. The molecule has 0 aromatic heterocycles. The second-order valence-electron chi connectivity index (χ2n) is 4.41. The Hall–Kier alpha value is -1.59. The van der Waals surface area contributed by atoms with Crippen molar-refractivity contribution in [2.24, 2.45) is 0 Å². The van der Waals surface area contributed by atoms with Crippen LogP contribution in [0.2, 0.25) is 0 Å². The molecule has 0 bridgehead atoms. The van der Waals surface area contributed by atoms with Crippen LogP contribution >= 0.6 is 0 Å². The average molecular weight is 262 g/mol. The highest BCUT2D eigenvalue weighted by Crippen LogP contribution is 2.26. The van der Waals surface area contributed by atoms with E-state index in [9.17, 15) is 8.42 Å². The fraction of sp³-hybridized carbons (Fsp3) is 0.231. The molecule has 0 spiro atoms. The SMILES string of the molecule is CN(c1ccc2ccccc2c1)S(=O)(=O)N1CC1. The normalized spacial score (nSPS) is 15.8. The third-order valence-corrected chi connectivity index (χ3v) is 5.10. The number of anilines is 1. The average Bonchev–Trinajstić information content (AvgIpc) is 3.22. The van der Waals surface area contributed by atoms with Crippen LogP contribution in [0.5, 0.6) is 0 Å². The third kappa shape index (κ3) is 1.85. The number of hydrogen-bond donors (Lipinski definition) is 0. The lowest BCUT2D eigenvalue weighted by Gasteiger charge is -2.19. The summed E-state index contributed by atoms with van der Waals surface area (Å²) in [5.74, 6) is 0. The predicted octanol–water partition coefficient (Wildman–Crippen LogP) is 1.84. The monoisotopic (exact) mass is 262 g/mol. The van der Waals surface area contributed by atoms with Gasteiger partial charge in [-0.3, -0.25) is 4.31 Å². The van der Waals surface area contributed by atoms with Crippen LogP contribution in [0.3, 0.4) is 0 Å². The zero-order chi connectivity index (χ0) is 12.8. The molecule has 2 aromatic carbocycles. The summed E-state index contributed by atoms with van der Waals surface area (Å²) in [6.45, 7) is 1.25. The minimum absolute atomic E-state index is 0.625. The molecule has 0 aliphatic carbocycles.